The van der Waals surface area contributed by atoms with Gasteiger partial charge in [-0.2, -0.15) is 0 Å². The largest absolute Gasteiger partial charge is 0.388 e. The summed E-state index contributed by atoms with van der Waals surface area (Å²) < 4.78 is 22.5. The molecular weight excluding hydrogens is 385 g/mol. The predicted octanol–water partition coefficient (Wildman–Crippen LogP) is 4.82. The molecule has 1 N–H and O–H groups in total. The molecule has 1 aromatic carbocycles. The van der Waals surface area contributed by atoms with Crippen LogP contribution in [0.5, 0.6) is 0 Å². The van der Waals surface area contributed by atoms with Crippen LogP contribution in [0.3, 0.4) is 0 Å². The number of carbonyl (C=O) groups is 1. The van der Waals surface area contributed by atoms with Crippen molar-refractivity contribution < 1.29 is 23.5 Å². The van der Waals surface area contributed by atoms with Gasteiger partial charge in [-0.05, 0) is 31.5 Å². The first kappa shape index (κ1) is 20.9. The number of rotatable bonds is 9. The Kier molecular flexibility index (Phi) is 8.53. The van der Waals surface area contributed by atoms with Crippen LogP contribution in [0.2, 0.25) is 10.0 Å². The van der Waals surface area contributed by atoms with E-state index < -0.39 is 24.6 Å². The summed E-state index contributed by atoms with van der Waals surface area (Å²) in [5.74, 6) is -0.657. The van der Waals surface area contributed by atoms with Crippen molar-refractivity contribution in [3.63, 3.8) is 0 Å². The second-order valence-electron chi connectivity index (χ2n) is 4.56. The molecule has 0 aliphatic heterocycles. The molecule has 0 aromatic heterocycles. The molecule has 0 heterocycles. The molecule has 1 unspecified atom stereocenters. The zero-order chi connectivity index (χ0) is 17.6. The van der Waals surface area contributed by atoms with Gasteiger partial charge in [0.15, 0.2) is 10.9 Å². The molecule has 0 saturated heterocycles. The van der Waals surface area contributed by atoms with Crippen molar-refractivity contribution in [3.8, 4) is 0 Å². The lowest BCUT2D eigenvalue weighted by molar-refractivity contribution is -0.119. The maximum Gasteiger partial charge on any atom is 0.355 e. The van der Waals surface area contributed by atoms with Crippen molar-refractivity contribution in [1.82, 2.24) is 0 Å². The number of halogens is 3. The Labute approximate surface area is 150 Å². The second kappa shape index (κ2) is 9.38. The van der Waals surface area contributed by atoms with Gasteiger partial charge in [0.25, 0.3) is 0 Å². The van der Waals surface area contributed by atoms with E-state index in [-0.39, 0.29) is 24.7 Å². The topological polar surface area (TPSA) is 72.8 Å². The molecule has 0 saturated carbocycles. The zero-order valence-electron chi connectivity index (χ0n) is 12.7. The molecule has 23 heavy (non-hydrogen) atoms. The summed E-state index contributed by atoms with van der Waals surface area (Å²) in [6, 6.07) is 4.51. The number of ketones is 1. The molecule has 1 rings (SSSR count). The van der Waals surface area contributed by atoms with Gasteiger partial charge in [0, 0.05) is 16.5 Å². The second-order valence-corrected chi connectivity index (χ2v) is 8.26. The molecule has 2 atom stereocenters. The Morgan fingerprint density at radius 2 is 1.83 bits per heavy atom. The fraction of sp³-hybridized carbons (Fsp3) is 0.500. The van der Waals surface area contributed by atoms with Crippen molar-refractivity contribution in [3.05, 3.63) is 33.8 Å². The molecule has 0 bridgehead atoms. The van der Waals surface area contributed by atoms with Crippen LogP contribution in [0, 0.1) is 0 Å². The van der Waals surface area contributed by atoms with Crippen molar-refractivity contribution in [2.75, 3.05) is 13.2 Å². The monoisotopic (exact) mass is 402 g/mol. The molecule has 0 fully saturated rings. The van der Waals surface area contributed by atoms with Gasteiger partial charge in [0.2, 0.25) is 0 Å². The van der Waals surface area contributed by atoms with Crippen LogP contribution in [0.1, 0.15) is 31.9 Å². The SMILES string of the molecule is CCOP(=O)(OCC)C(Cl)C(=O)C[C@@H](O)c1ccc(Cl)cc1Cl. The summed E-state index contributed by atoms with van der Waals surface area (Å²) in [6.07, 6.45) is -1.58. The standard InChI is InChI=1S/C14H18Cl3O5P/c1-3-21-23(20,22-4-2)14(17)13(19)8-12(18)10-6-5-9(15)7-11(10)16/h5-7,12,14,18H,3-4,8H2,1-2H3/t12-,14?/m1/s1. The summed E-state index contributed by atoms with van der Waals surface area (Å²) in [4.78, 5) is 12.2. The normalized spacial score (nSPS) is 14.5. The van der Waals surface area contributed by atoms with Crippen LogP contribution < -0.4 is 0 Å². The highest BCUT2D eigenvalue weighted by Gasteiger charge is 2.40. The van der Waals surface area contributed by atoms with Crippen LogP contribution in [0.4, 0.5) is 0 Å². The summed E-state index contributed by atoms with van der Waals surface area (Å²) >= 11 is 17.7. The number of carbonyl (C=O) groups excluding carboxylic acids is 1. The van der Waals surface area contributed by atoms with Crippen LogP contribution in [0.15, 0.2) is 18.2 Å². The summed E-state index contributed by atoms with van der Waals surface area (Å²) in [7, 11) is -3.78. The summed E-state index contributed by atoms with van der Waals surface area (Å²) in [6.45, 7) is 3.39. The van der Waals surface area contributed by atoms with Gasteiger partial charge in [-0.1, -0.05) is 29.3 Å². The number of aliphatic hydroxyl groups excluding tert-OH is 1. The lowest BCUT2D eigenvalue weighted by atomic mass is 10.0. The van der Waals surface area contributed by atoms with Crippen molar-refractivity contribution in [2.24, 2.45) is 0 Å². The minimum atomic E-state index is -3.78. The van der Waals surface area contributed by atoms with Gasteiger partial charge in [-0.15, -0.1) is 11.6 Å². The Morgan fingerprint density at radius 3 is 2.30 bits per heavy atom. The molecule has 5 nitrogen and oxygen atoms in total. The van der Waals surface area contributed by atoms with E-state index in [1.807, 2.05) is 0 Å². The third-order valence-corrected chi connectivity index (χ3v) is 6.48. The minimum absolute atomic E-state index is 0.0827. The average molecular weight is 404 g/mol. The number of alkyl halides is 1. The molecule has 9 heteroatoms. The molecule has 130 valence electrons. The smallest absolute Gasteiger partial charge is 0.355 e. The first-order chi connectivity index (χ1) is 10.7. The highest BCUT2D eigenvalue weighted by Crippen LogP contribution is 2.55. The lowest BCUT2D eigenvalue weighted by Gasteiger charge is -2.22. The van der Waals surface area contributed by atoms with E-state index in [9.17, 15) is 14.5 Å². The van der Waals surface area contributed by atoms with E-state index in [1.54, 1.807) is 19.9 Å². The Hall–Kier alpha value is -0.130. The first-order valence-electron chi connectivity index (χ1n) is 6.93. The number of aliphatic hydroxyl groups is 1. The van der Waals surface area contributed by atoms with Crippen LogP contribution in [-0.2, 0) is 18.4 Å². The van der Waals surface area contributed by atoms with Crippen LogP contribution in [-0.4, -0.2) is 29.2 Å². The number of hydrogen-bond acceptors (Lipinski definition) is 5. The van der Waals surface area contributed by atoms with E-state index in [1.165, 1.54) is 12.1 Å². The summed E-state index contributed by atoms with van der Waals surface area (Å²) in [5, 5.41) is 9.29. The zero-order valence-corrected chi connectivity index (χ0v) is 15.8. The number of Topliss-reactive ketones (excluding diaryl/α,β-unsaturated/α-hetero) is 1. The molecular formula is C14H18Cl3O5P. The molecule has 0 spiro atoms. The highest BCUT2D eigenvalue weighted by molar-refractivity contribution is 7.57. The molecule has 0 radical (unpaired) electrons. The van der Waals surface area contributed by atoms with E-state index >= 15 is 0 Å². The maximum atomic E-state index is 12.5. The Morgan fingerprint density at radius 1 is 1.26 bits per heavy atom. The number of hydrogen-bond donors (Lipinski definition) is 1. The third-order valence-electron chi connectivity index (χ3n) is 2.88. The first-order valence-corrected chi connectivity index (χ1v) is 9.74. The van der Waals surface area contributed by atoms with E-state index in [0.29, 0.717) is 10.6 Å². The van der Waals surface area contributed by atoms with Crippen LogP contribution >= 0.6 is 42.4 Å². The molecule has 1 aromatic rings. The van der Waals surface area contributed by atoms with Gasteiger partial charge in [-0.25, -0.2) is 0 Å². The predicted molar refractivity (Wildman–Crippen MR) is 91.5 cm³/mol. The van der Waals surface area contributed by atoms with Gasteiger partial charge in [0.05, 0.1) is 19.3 Å². The fourth-order valence-electron chi connectivity index (χ4n) is 1.87. The van der Waals surface area contributed by atoms with Gasteiger partial charge in [-0.3, -0.25) is 9.36 Å². The average Bonchev–Trinajstić information content (AvgIpc) is 2.46. The highest BCUT2D eigenvalue weighted by atomic mass is 35.5. The fourth-order valence-corrected chi connectivity index (χ4v) is 4.35. The third kappa shape index (κ3) is 5.71. The van der Waals surface area contributed by atoms with Crippen LogP contribution in [0.25, 0.3) is 0 Å². The van der Waals surface area contributed by atoms with E-state index in [2.05, 4.69) is 0 Å². The van der Waals surface area contributed by atoms with Gasteiger partial charge < -0.3 is 14.2 Å². The quantitative estimate of drug-likeness (QED) is 0.473. The van der Waals surface area contributed by atoms with Crippen molar-refractivity contribution in [2.45, 2.75) is 31.5 Å². The maximum absolute atomic E-state index is 12.5. The Balaban J connectivity index is 2.86. The number of benzene rings is 1. The van der Waals surface area contributed by atoms with E-state index in [0.717, 1.165) is 0 Å². The molecule has 0 aliphatic carbocycles. The minimum Gasteiger partial charge on any atom is -0.388 e. The van der Waals surface area contributed by atoms with Gasteiger partial charge >= 0.3 is 7.60 Å². The summed E-state index contributed by atoms with van der Waals surface area (Å²) in [5.41, 5.74) is 0.330. The lowest BCUT2D eigenvalue weighted by Crippen LogP contribution is -2.20. The van der Waals surface area contributed by atoms with Crippen molar-refractivity contribution >= 4 is 48.2 Å². The molecule has 0 amide bonds. The Bertz CT molecular complexity index is 586. The van der Waals surface area contributed by atoms with Gasteiger partial charge in [0.1, 0.15) is 0 Å². The van der Waals surface area contributed by atoms with E-state index in [4.69, 9.17) is 43.9 Å². The van der Waals surface area contributed by atoms with Crippen molar-refractivity contribution in [1.29, 1.82) is 0 Å². The molecule has 0 aliphatic rings.